The lowest BCUT2D eigenvalue weighted by Crippen LogP contribution is -2.47. The number of aromatic nitrogens is 1. The zero-order valence-corrected chi connectivity index (χ0v) is 14.2. The molecule has 0 saturated carbocycles. The van der Waals surface area contributed by atoms with Gasteiger partial charge in [-0.25, -0.2) is 9.78 Å². The summed E-state index contributed by atoms with van der Waals surface area (Å²) in [5.74, 6) is 0. The number of amides is 2. The first-order chi connectivity index (χ1) is 10.6. The summed E-state index contributed by atoms with van der Waals surface area (Å²) in [4.78, 5) is 18.7. The highest BCUT2D eigenvalue weighted by molar-refractivity contribution is 7.09. The van der Waals surface area contributed by atoms with Crippen LogP contribution < -0.4 is 5.32 Å². The Hall–Kier alpha value is -1.44. The van der Waals surface area contributed by atoms with Crippen LogP contribution in [0, 0.1) is 6.92 Å². The van der Waals surface area contributed by atoms with Gasteiger partial charge >= 0.3 is 6.03 Å². The summed E-state index contributed by atoms with van der Waals surface area (Å²) in [6, 6.07) is 1.93. The number of thiophene rings is 1. The molecule has 0 radical (unpaired) electrons. The van der Waals surface area contributed by atoms with Crippen molar-refractivity contribution in [2.75, 3.05) is 19.7 Å². The van der Waals surface area contributed by atoms with E-state index in [9.17, 15) is 4.79 Å². The summed E-state index contributed by atoms with van der Waals surface area (Å²) < 4.78 is 5.77. The molecule has 1 aliphatic rings. The quantitative estimate of drug-likeness (QED) is 0.934. The Balaban J connectivity index is 1.59. The van der Waals surface area contributed by atoms with Crippen LogP contribution in [-0.4, -0.2) is 35.6 Å². The molecule has 22 heavy (non-hydrogen) atoms. The van der Waals surface area contributed by atoms with Crippen LogP contribution >= 0.6 is 22.7 Å². The minimum atomic E-state index is -0.0753. The molecule has 7 heteroatoms. The number of carbonyl (C=O) groups excluding carboxylic acids is 1. The molecule has 1 saturated heterocycles. The number of rotatable bonds is 3. The predicted molar refractivity (Wildman–Crippen MR) is 88.4 cm³/mol. The maximum Gasteiger partial charge on any atom is 0.318 e. The molecular formula is C15H19N3O2S2. The highest BCUT2D eigenvalue weighted by atomic mass is 32.1. The van der Waals surface area contributed by atoms with Gasteiger partial charge in [0.2, 0.25) is 0 Å². The zero-order chi connectivity index (χ0) is 15.5. The Labute approximate surface area is 137 Å². The molecule has 0 aliphatic carbocycles. The average Bonchev–Trinajstić information content (AvgIpc) is 3.18. The second-order valence-corrected chi connectivity index (χ2v) is 7.03. The van der Waals surface area contributed by atoms with Gasteiger partial charge < -0.3 is 15.0 Å². The smallest absolute Gasteiger partial charge is 0.318 e. The number of hydrogen-bond acceptors (Lipinski definition) is 5. The number of thiazole rings is 1. The summed E-state index contributed by atoms with van der Waals surface area (Å²) >= 11 is 3.22. The van der Waals surface area contributed by atoms with Crippen molar-refractivity contribution in [1.82, 2.24) is 15.2 Å². The van der Waals surface area contributed by atoms with Gasteiger partial charge in [-0.2, -0.15) is 11.3 Å². The van der Waals surface area contributed by atoms with Crippen molar-refractivity contribution in [3.05, 3.63) is 38.5 Å². The fourth-order valence-electron chi connectivity index (χ4n) is 2.40. The predicted octanol–water partition coefficient (Wildman–Crippen LogP) is 3.36. The number of nitrogens with zero attached hydrogens (tertiary/aromatic N) is 2. The number of nitrogens with one attached hydrogen (secondary N) is 1. The first-order valence-electron chi connectivity index (χ1n) is 7.24. The lowest BCUT2D eigenvalue weighted by atomic mass is 10.1. The Kier molecular flexibility index (Phi) is 4.75. The van der Waals surface area contributed by atoms with E-state index in [1.165, 1.54) is 0 Å². The second-order valence-electron chi connectivity index (χ2n) is 5.36. The molecule has 1 fully saturated rings. The van der Waals surface area contributed by atoms with Crippen LogP contribution in [0.25, 0.3) is 0 Å². The highest BCUT2D eigenvalue weighted by Gasteiger charge is 2.26. The number of morpholine rings is 1. The highest BCUT2D eigenvalue weighted by Crippen LogP contribution is 2.24. The van der Waals surface area contributed by atoms with Gasteiger partial charge in [-0.15, -0.1) is 11.3 Å². The maximum atomic E-state index is 12.4. The number of aryl methyl sites for hydroxylation is 1. The molecule has 2 aromatic rings. The van der Waals surface area contributed by atoms with Crippen LogP contribution in [0.4, 0.5) is 4.79 Å². The van der Waals surface area contributed by atoms with Gasteiger partial charge in [0.15, 0.2) is 0 Å². The summed E-state index contributed by atoms with van der Waals surface area (Å²) in [6.07, 6.45) is -0.0248. The van der Waals surface area contributed by atoms with Crippen LogP contribution in [0.3, 0.4) is 0 Å². The Morgan fingerprint density at radius 1 is 1.55 bits per heavy atom. The molecule has 3 rings (SSSR count). The van der Waals surface area contributed by atoms with E-state index in [1.54, 1.807) is 22.7 Å². The van der Waals surface area contributed by atoms with E-state index in [-0.39, 0.29) is 18.2 Å². The van der Waals surface area contributed by atoms with Gasteiger partial charge in [0.05, 0.1) is 19.2 Å². The van der Waals surface area contributed by atoms with Crippen molar-refractivity contribution in [3.63, 3.8) is 0 Å². The van der Waals surface area contributed by atoms with Gasteiger partial charge in [-0.3, -0.25) is 0 Å². The van der Waals surface area contributed by atoms with Crippen LogP contribution in [0.2, 0.25) is 0 Å². The van der Waals surface area contributed by atoms with E-state index < -0.39 is 0 Å². The third kappa shape index (κ3) is 3.48. The Bertz CT molecular complexity index is 627. The van der Waals surface area contributed by atoms with E-state index in [4.69, 9.17) is 4.74 Å². The Morgan fingerprint density at radius 3 is 3.09 bits per heavy atom. The van der Waals surface area contributed by atoms with Crippen molar-refractivity contribution in [3.8, 4) is 0 Å². The van der Waals surface area contributed by atoms with Gasteiger partial charge in [0.25, 0.3) is 0 Å². The molecule has 2 unspecified atom stereocenters. The average molecular weight is 337 g/mol. The van der Waals surface area contributed by atoms with Crippen molar-refractivity contribution in [1.29, 1.82) is 0 Å². The van der Waals surface area contributed by atoms with Gasteiger partial charge in [-0.05, 0) is 36.2 Å². The van der Waals surface area contributed by atoms with E-state index >= 15 is 0 Å². The number of ether oxygens (including phenoxy) is 1. The summed E-state index contributed by atoms with van der Waals surface area (Å²) in [5, 5.41) is 10.1. The third-order valence-corrected chi connectivity index (χ3v) is 5.46. The van der Waals surface area contributed by atoms with E-state index in [1.807, 2.05) is 29.5 Å². The Morgan fingerprint density at radius 2 is 2.41 bits per heavy atom. The molecule has 5 nitrogen and oxygen atoms in total. The fourth-order valence-corrected chi connectivity index (χ4v) is 3.91. The molecule has 0 aromatic carbocycles. The van der Waals surface area contributed by atoms with E-state index in [0.717, 1.165) is 16.3 Å². The van der Waals surface area contributed by atoms with Gasteiger partial charge in [0.1, 0.15) is 11.1 Å². The summed E-state index contributed by atoms with van der Waals surface area (Å²) in [5.41, 5.74) is 2.14. The van der Waals surface area contributed by atoms with Crippen molar-refractivity contribution < 1.29 is 9.53 Å². The van der Waals surface area contributed by atoms with Crippen LogP contribution in [0.15, 0.2) is 22.2 Å². The minimum Gasteiger partial charge on any atom is -0.370 e. The van der Waals surface area contributed by atoms with Crippen LogP contribution in [0.1, 0.15) is 35.3 Å². The molecule has 0 bridgehead atoms. The van der Waals surface area contributed by atoms with Gasteiger partial charge in [0, 0.05) is 17.6 Å². The number of carbonyl (C=O) groups is 1. The number of hydrogen-bond donors (Lipinski definition) is 1. The summed E-state index contributed by atoms with van der Waals surface area (Å²) in [6.45, 7) is 5.70. The fraction of sp³-hybridized carbons (Fsp3) is 0.467. The van der Waals surface area contributed by atoms with Crippen molar-refractivity contribution in [2.24, 2.45) is 0 Å². The third-order valence-electron chi connectivity index (χ3n) is 3.62. The molecule has 1 N–H and O–H groups in total. The molecule has 2 aromatic heterocycles. The first kappa shape index (κ1) is 15.5. The van der Waals surface area contributed by atoms with E-state index in [0.29, 0.717) is 19.7 Å². The van der Waals surface area contributed by atoms with Crippen LogP contribution in [0.5, 0.6) is 0 Å². The molecule has 118 valence electrons. The van der Waals surface area contributed by atoms with Gasteiger partial charge in [-0.1, -0.05) is 0 Å². The minimum absolute atomic E-state index is 0.0248. The summed E-state index contributed by atoms with van der Waals surface area (Å²) in [7, 11) is 0. The monoisotopic (exact) mass is 337 g/mol. The second kappa shape index (κ2) is 6.76. The number of urea groups is 1. The SMILES string of the molecule is Cc1csc(C(C)NC(=O)N2CCOC(c3ccsc3)C2)n1. The molecule has 2 amide bonds. The molecule has 2 atom stereocenters. The largest absolute Gasteiger partial charge is 0.370 e. The molecule has 3 heterocycles. The normalized spacial score (nSPS) is 19.9. The standard InChI is InChI=1S/C15H19N3O2S2/c1-10-8-22-14(16-10)11(2)17-15(19)18-4-5-20-13(7-18)12-3-6-21-9-12/h3,6,8-9,11,13H,4-5,7H2,1-2H3,(H,17,19). The van der Waals surface area contributed by atoms with Crippen molar-refractivity contribution >= 4 is 28.7 Å². The van der Waals surface area contributed by atoms with E-state index in [2.05, 4.69) is 21.7 Å². The van der Waals surface area contributed by atoms with Crippen LogP contribution in [-0.2, 0) is 4.74 Å². The lowest BCUT2D eigenvalue weighted by Gasteiger charge is -2.33. The lowest BCUT2D eigenvalue weighted by molar-refractivity contribution is -0.0155. The molecule has 1 aliphatic heterocycles. The molecule has 0 spiro atoms. The molecular weight excluding hydrogens is 318 g/mol. The zero-order valence-electron chi connectivity index (χ0n) is 12.6. The topological polar surface area (TPSA) is 54.5 Å². The maximum absolute atomic E-state index is 12.4. The first-order valence-corrected chi connectivity index (χ1v) is 9.07. The van der Waals surface area contributed by atoms with Crippen molar-refractivity contribution in [2.45, 2.75) is 26.0 Å².